The molecule has 166 valence electrons. The Morgan fingerprint density at radius 2 is 1.73 bits per heavy atom. The molecular formula is C27H40O3. The quantitative estimate of drug-likeness (QED) is 0.521. The normalized spacial score (nSPS) is 52.2. The van der Waals surface area contributed by atoms with E-state index in [1.54, 1.807) is 5.57 Å². The summed E-state index contributed by atoms with van der Waals surface area (Å²) in [6.07, 6.45) is 12.7. The van der Waals surface area contributed by atoms with Crippen LogP contribution < -0.4 is 0 Å². The van der Waals surface area contributed by atoms with Gasteiger partial charge in [-0.3, -0.25) is 4.79 Å². The lowest BCUT2D eigenvalue weighted by molar-refractivity contribution is -0.131. The van der Waals surface area contributed by atoms with Crippen LogP contribution in [0.3, 0.4) is 0 Å². The summed E-state index contributed by atoms with van der Waals surface area (Å²) in [5.41, 5.74) is 2.32. The predicted octanol–water partition coefficient (Wildman–Crippen LogP) is 5.98. The number of aliphatic hydroxyl groups excluding tert-OH is 2. The Hall–Kier alpha value is -1.09. The van der Waals surface area contributed by atoms with Gasteiger partial charge in [0.15, 0.2) is 11.5 Å². The first kappa shape index (κ1) is 20.8. The Bertz CT molecular complexity index is 837. The molecule has 8 atom stereocenters. The van der Waals surface area contributed by atoms with E-state index in [0.29, 0.717) is 24.2 Å². The SMILES string of the molecule is CC1(C)[C@H](O)CC[C@]2(C)[C@H]3CC[C@]4(C)[C@H]([C@H]5C=C(O)C(=O)C5)CC[C@]4(C)C3=CC[C@@H]12. The van der Waals surface area contributed by atoms with E-state index in [1.807, 2.05) is 6.08 Å². The Morgan fingerprint density at radius 1 is 1.00 bits per heavy atom. The molecule has 2 N–H and O–H groups in total. The minimum atomic E-state index is -0.190. The Kier molecular flexibility index (Phi) is 4.33. The van der Waals surface area contributed by atoms with E-state index in [2.05, 4.69) is 40.7 Å². The van der Waals surface area contributed by atoms with Crippen molar-refractivity contribution in [3.63, 3.8) is 0 Å². The van der Waals surface area contributed by atoms with E-state index in [0.717, 1.165) is 25.7 Å². The molecule has 0 radical (unpaired) electrons. The van der Waals surface area contributed by atoms with Gasteiger partial charge in [-0.05, 0) is 96.4 Å². The van der Waals surface area contributed by atoms with Crippen molar-refractivity contribution in [1.29, 1.82) is 0 Å². The fraction of sp³-hybridized carbons (Fsp3) is 0.815. The summed E-state index contributed by atoms with van der Waals surface area (Å²) < 4.78 is 0. The topological polar surface area (TPSA) is 57.5 Å². The first-order chi connectivity index (χ1) is 13.9. The highest BCUT2D eigenvalue weighted by molar-refractivity contribution is 5.95. The maximum atomic E-state index is 12.1. The Morgan fingerprint density at radius 3 is 2.40 bits per heavy atom. The van der Waals surface area contributed by atoms with Gasteiger partial charge in [0.25, 0.3) is 0 Å². The fourth-order valence-corrected chi connectivity index (χ4v) is 9.36. The number of aliphatic hydroxyl groups is 2. The lowest BCUT2D eigenvalue weighted by Gasteiger charge is -2.64. The standard InChI is InChI=1S/C27H40O3/c1-24(2)22-7-6-19-18(25(22,3)11-10-23(24)30)9-13-26(4)17(8-12-27(19,26)5)16-14-20(28)21(29)15-16/h6,14,16-18,22-23,28,30H,7-13,15H2,1-5H3/t16-,17-,18-,22-,23+,25+,26+,27+/m0/s1. The number of hydrogen-bond donors (Lipinski definition) is 2. The summed E-state index contributed by atoms with van der Waals surface area (Å²) in [6.45, 7) is 12.1. The average molecular weight is 413 g/mol. The summed E-state index contributed by atoms with van der Waals surface area (Å²) in [4.78, 5) is 12.1. The molecule has 5 aliphatic carbocycles. The van der Waals surface area contributed by atoms with Gasteiger partial charge in [0.05, 0.1) is 6.10 Å². The number of ketones is 1. The minimum Gasteiger partial charge on any atom is -0.505 e. The second-order valence-electron chi connectivity index (χ2n) is 12.7. The largest absolute Gasteiger partial charge is 0.505 e. The molecule has 3 saturated carbocycles. The van der Waals surface area contributed by atoms with Crippen LogP contribution in [0.5, 0.6) is 0 Å². The second kappa shape index (κ2) is 6.24. The maximum Gasteiger partial charge on any atom is 0.197 e. The summed E-state index contributed by atoms with van der Waals surface area (Å²) >= 11 is 0. The molecule has 5 aliphatic rings. The van der Waals surface area contributed by atoms with Crippen molar-refractivity contribution in [3.8, 4) is 0 Å². The molecule has 0 aromatic heterocycles. The molecule has 3 heteroatoms. The number of allylic oxidation sites excluding steroid dienone is 4. The molecule has 0 saturated heterocycles. The number of hydrogen-bond acceptors (Lipinski definition) is 3. The van der Waals surface area contributed by atoms with Crippen molar-refractivity contribution in [2.45, 2.75) is 92.1 Å². The van der Waals surface area contributed by atoms with Gasteiger partial charge in [0.2, 0.25) is 0 Å². The fourth-order valence-electron chi connectivity index (χ4n) is 9.36. The average Bonchev–Trinajstić information content (AvgIpc) is 3.15. The number of rotatable bonds is 1. The predicted molar refractivity (Wildman–Crippen MR) is 119 cm³/mol. The summed E-state index contributed by atoms with van der Waals surface area (Å²) in [6, 6.07) is 0. The van der Waals surface area contributed by atoms with E-state index in [9.17, 15) is 15.0 Å². The molecule has 0 unspecified atom stereocenters. The van der Waals surface area contributed by atoms with E-state index >= 15 is 0 Å². The molecule has 0 amide bonds. The summed E-state index contributed by atoms with van der Waals surface area (Å²) in [5.74, 6) is 1.78. The zero-order chi connectivity index (χ0) is 21.7. The van der Waals surface area contributed by atoms with Crippen molar-refractivity contribution >= 4 is 5.78 Å². The van der Waals surface area contributed by atoms with Crippen molar-refractivity contribution in [1.82, 2.24) is 0 Å². The summed E-state index contributed by atoms with van der Waals surface area (Å²) in [5, 5.41) is 20.7. The van der Waals surface area contributed by atoms with Gasteiger partial charge in [0, 0.05) is 6.42 Å². The van der Waals surface area contributed by atoms with Gasteiger partial charge in [-0.2, -0.15) is 0 Å². The van der Waals surface area contributed by atoms with E-state index in [4.69, 9.17) is 0 Å². The van der Waals surface area contributed by atoms with Crippen LogP contribution in [-0.4, -0.2) is 22.1 Å². The first-order valence-corrected chi connectivity index (χ1v) is 12.3. The highest BCUT2D eigenvalue weighted by Crippen LogP contribution is 2.73. The molecule has 0 aromatic carbocycles. The second-order valence-corrected chi connectivity index (χ2v) is 12.7. The minimum absolute atomic E-state index is 0.00104. The Labute approximate surface area is 182 Å². The molecule has 0 spiro atoms. The van der Waals surface area contributed by atoms with Crippen LogP contribution >= 0.6 is 0 Å². The van der Waals surface area contributed by atoms with Gasteiger partial charge in [-0.1, -0.05) is 46.3 Å². The lowest BCUT2D eigenvalue weighted by atomic mass is 9.41. The van der Waals surface area contributed by atoms with Crippen LogP contribution in [0, 0.1) is 45.3 Å². The van der Waals surface area contributed by atoms with Crippen LogP contribution in [0.15, 0.2) is 23.5 Å². The third-order valence-corrected chi connectivity index (χ3v) is 11.5. The highest BCUT2D eigenvalue weighted by atomic mass is 16.3. The van der Waals surface area contributed by atoms with Crippen LogP contribution in [0.25, 0.3) is 0 Å². The van der Waals surface area contributed by atoms with Crippen LogP contribution in [0.2, 0.25) is 0 Å². The van der Waals surface area contributed by atoms with E-state index in [1.165, 1.54) is 19.3 Å². The molecule has 3 fully saturated rings. The van der Waals surface area contributed by atoms with Gasteiger partial charge < -0.3 is 10.2 Å². The third kappa shape index (κ3) is 2.39. The number of fused-ring (bicyclic) bond motifs is 5. The van der Waals surface area contributed by atoms with Crippen molar-refractivity contribution in [2.24, 2.45) is 45.3 Å². The van der Waals surface area contributed by atoms with Crippen LogP contribution in [-0.2, 0) is 4.79 Å². The zero-order valence-electron chi connectivity index (χ0n) is 19.5. The third-order valence-electron chi connectivity index (χ3n) is 11.5. The summed E-state index contributed by atoms with van der Waals surface area (Å²) in [7, 11) is 0. The monoisotopic (exact) mass is 412 g/mol. The molecule has 30 heavy (non-hydrogen) atoms. The van der Waals surface area contributed by atoms with Gasteiger partial charge in [0.1, 0.15) is 0 Å². The van der Waals surface area contributed by atoms with Crippen molar-refractivity contribution in [2.75, 3.05) is 0 Å². The molecule has 0 aromatic rings. The molecule has 0 bridgehead atoms. The van der Waals surface area contributed by atoms with Gasteiger partial charge >= 0.3 is 0 Å². The molecule has 0 aliphatic heterocycles. The van der Waals surface area contributed by atoms with Crippen LogP contribution in [0.4, 0.5) is 0 Å². The smallest absolute Gasteiger partial charge is 0.197 e. The van der Waals surface area contributed by atoms with Gasteiger partial charge in [-0.25, -0.2) is 0 Å². The zero-order valence-corrected chi connectivity index (χ0v) is 19.5. The first-order valence-electron chi connectivity index (χ1n) is 12.3. The maximum absolute atomic E-state index is 12.1. The molecule has 0 heterocycles. The highest BCUT2D eigenvalue weighted by Gasteiger charge is 2.65. The number of Topliss-reactive ketones (excluding diaryl/α,β-unsaturated/α-hetero) is 1. The Balaban J connectivity index is 1.52. The van der Waals surface area contributed by atoms with E-state index < -0.39 is 0 Å². The lowest BCUT2D eigenvalue weighted by Crippen LogP contribution is -2.58. The number of carbonyl (C=O) groups excluding carboxylic acids is 1. The molecule has 5 rings (SSSR count). The van der Waals surface area contributed by atoms with E-state index in [-0.39, 0.29) is 45.2 Å². The number of carbonyl (C=O) groups is 1. The molecular weight excluding hydrogens is 372 g/mol. The molecule has 3 nitrogen and oxygen atoms in total. The van der Waals surface area contributed by atoms with Crippen molar-refractivity contribution in [3.05, 3.63) is 23.5 Å². The van der Waals surface area contributed by atoms with Crippen LogP contribution in [0.1, 0.15) is 86.0 Å². The van der Waals surface area contributed by atoms with Gasteiger partial charge in [-0.15, -0.1) is 0 Å². The van der Waals surface area contributed by atoms with Crippen molar-refractivity contribution < 1.29 is 15.0 Å².